The normalized spacial score (nSPS) is 26.5. The van der Waals surface area contributed by atoms with Crippen LogP contribution in [0.3, 0.4) is 0 Å². The number of carbonyl (C=O) groups is 2. The molecular weight excluding hydrogens is 395 g/mol. The first-order chi connectivity index (χ1) is 14.5. The number of hydrogen-bond acceptors (Lipinski definition) is 5. The fraction of sp³-hybridized carbons (Fsp3) is 0.500. The second-order valence-corrected chi connectivity index (χ2v) is 9.56. The van der Waals surface area contributed by atoms with Gasteiger partial charge in [0.2, 0.25) is 5.91 Å². The molecule has 1 amide bonds. The minimum atomic E-state index is -0.982. The van der Waals surface area contributed by atoms with E-state index >= 15 is 4.39 Å². The Hall–Kier alpha value is -2.83. The zero-order valence-corrected chi connectivity index (χ0v) is 19.0. The van der Waals surface area contributed by atoms with E-state index in [1.807, 2.05) is 13.8 Å². The number of carbonyl (C=O) groups excluding carboxylic acids is 2. The summed E-state index contributed by atoms with van der Waals surface area (Å²) in [5.41, 5.74) is 2.78. The van der Waals surface area contributed by atoms with Crippen LogP contribution < -0.4 is 10.2 Å². The van der Waals surface area contributed by atoms with E-state index in [0.717, 1.165) is 11.3 Å². The Morgan fingerprint density at radius 3 is 2.68 bits per heavy atom. The molecule has 6 nitrogen and oxygen atoms in total. The molecule has 0 bridgehead atoms. The second-order valence-electron chi connectivity index (χ2n) is 9.56. The highest BCUT2D eigenvalue weighted by Gasteiger charge is 2.54. The average Bonchev–Trinajstić information content (AvgIpc) is 3.06. The molecule has 1 aromatic rings. The number of hydrogen-bond donors (Lipinski definition) is 1. The van der Waals surface area contributed by atoms with Crippen LogP contribution in [0.1, 0.15) is 59.4 Å². The zero-order valence-electron chi connectivity index (χ0n) is 19.0. The number of allylic oxidation sites excluding steroid dienone is 3. The van der Waals surface area contributed by atoms with E-state index in [2.05, 4.69) is 29.4 Å². The molecule has 1 aliphatic carbocycles. The third-order valence-electron chi connectivity index (χ3n) is 6.86. The Kier molecular flexibility index (Phi) is 4.91. The highest BCUT2D eigenvalue weighted by Crippen LogP contribution is 2.55. The van der Waals surface area contributed by atoms with E-state index in [-0.39, 0.29) is 17.1 Å². The lowest BCUT2D eigenvalue weighted by molar-refractivity contribution is -0.119. The van der Waals surface area contributed by atoms with Crippen LogP contribution in [0.25, 0.3) is 0 Å². The van der Waals surface area contributed by atoms with Gasteiger partial charge in [-0.15, -0.1) is 0 Å². The zero-order chi connectivity index (χ0) is 22.7. The van der Waals surface area contributed by atoms with E-state index in [9.17, 15) is 9.59 Å². The van der Waals surface area contributed by atoms with Crippen molar-refractivity contribution in [2.45, 2.75) is 65.5 Å². The summed E-state index contributed by atoms with van der Waals surface area (Å²) in [7, 11) is 1.66. The van der Waals surface area contributed by atoms with Crippen molar-refractivity contribution in [3.63, 3.8) is 0 Å². The molecule has 0 radical (unpaired) electrons. The van der Waals surface area contributed by atoms with Crippen LogP contribution >= 0.6 is 0 Å². The van der Waals surface area contributed by atoms with Gasteiger partial charge in [-0.25, -0.2) is 4.39 Å². The van der Waals surface area contributed by atoms with E-state index < -0.39 is 17.4 Å². The fourth-order valence-corrected chi connectivity index (χ4v) is 5.40. The van der Waals surface area contributed by atoms with Crippen molar-refractivity contribution in [3.8, 4) is 0 Å². The van der Waals surface area contributed by atoms with Crippen molar-refractivity contribution >= 4 is 17.4 Å². The lowest BCUT2D eigenvalue weighted by Crippen LogP contribution is -2.52. The van der Waals surface area contributed by atoms with Crippen LogP contribution in [0, 0.1) is 11.2 Å². The molecule has 1 N–H and O–H groups in total. The van der Waals surface area contributed by atoms with Gasteiger partial charge in [0.25, 0.3) is 0 Å². The summed E-state index contributed by atoms with van der Waals surface area (Å²) in [6.45, 7) is 9.43. The predicted molar refractivity (Wildman–Crippen MR) is 117 cm³/mol. The Morgan fingerprint density at radius 2 is 2.03 bits per heavy atom. The molecule has 3 aliphatic rings. The quantitative estimate of drug-likeness (QED) is 0.760. The monoisotopic (exact) mass is 424 g/mol. The maximum atomic E-state index is 15.5. The van der Waals surface area contributed by atoms with Gasteiger partial charge in [-0.2, -0.15) is 10.2 Å². The molecule has 0 spiro atoms. The van der Waals surface area contributed by atoms with Gasteiger partial charge in [0.05, 0.1) is 11.1 Å². The van der Waals surface area contributed by atoms with Crippen molar-refractivity contribution in [3.05, 3.63) is 52.1 Å². The standard InChI is InChI=1S/C24H29FN4O2/c1-7-24(16-10-15(8-9-17(16)25)29(6)14(3)30)20-13(2)27-28-22(20)26-18-11-23(4,5)12-19(31)21(18)24/h8-10,22,26H,7,11-12H2,1-6H3/t22?,24-/m1/s1. The van der Waals surface area contributed by atoms with Gasteiger partial charge >= 0.3 is 0 Å². The van der Waals surface area contributed by atoms with Gasteiger partial charge in [0.15, 0.2) is 11.9 Å². The number of nitrogens with zero attached hydrogens (tertiary/aromatic N) is 3. The molecule has 4 rings (SSSR count). The summed E-state index contributed by atoms with van der Waals surface area (Å²) < 4.78 is 15.5. The van der Waals surface area contributed by atoms with Crippen molar-refractivity contribution in [2.75, 3.05) is 11.9 Å². The molecule has 0 aromatic heterocycles. The summed E-state index contributed by atoms with van der Waals surface area (Å²) in [4.78, 5) is 27.0. The van der Waals surface area contributed by atoms with E-state index in [4.69, 9.17) is 0 Å². The van der Waals surface area contributed by atoms with Crippen LogP contribution in [-0.4, -0.2) is 24.9 Å². The molecule has 31 heavy (non-hydrogen) atoms. The SMILES string of the molecule is CC[C@]1(c2cc(N(C)C(C)=O)ccc2F)C2=C(CC(C)(C)CC2=O)NC2N=NC(C)=C21. The van der Waals surface area contributed by atoms with Crippen LogP contribution in [0.2, 0.25) is 0 Å². The minimum Gasteiger partial charge on any atom is -0.362 e. The number of Topliss-reactive ketones (excluding diaryl/α,β-unsaturated/α-hetero) is 1. The van der Waals surface area contributed by atoms with Gasteiger partial charge in [0.1, 0.15) is 5.82 Å². The topological polar surface area (TPSA) is 74.1 Å². The first kappa shape index (κ1) is 21.4. The Morgan fingerprint density at radius 1 is 1.32 bits per heavy atom. The van der Waals surface area contributed by atoms with Crippen LogP contribution in [0.4, 0.5) is 10.1 Å². The Balaban J connectivity index is 2.05. The largest absolute Gasteiger partial charge is 0.362 e. The molecule has 2 heterocycles. The number of rotatable bonds is 3. The molecule has 1 aromatic carbocycles. The van der Waals surface area contributed by atoms with Crippen LogP contribution in [0.15, 0.2) is 51.0 Å². The maximum absolute atomic E-state index is 15.5. The van der Waals surface area contributed by atoms with Crippen LogP contribution in [-0.2, 0) is 15.0 Å². The smallest absolute Gasteiger partial charge is 0.223 e. The lowest BCUT2D eigenvalue weighted by atomic mass is 9.58. The highest BCUT2D eigenvalue weighted by atomic mass is 19.1. The first-order valence-electron chi connectivity index (χ1n) is 10.7. The molecule has 0 saturated carbocycles. The van der Waals surface area contributed by atoms with Gasteiger partial charge < -0.3 is 10.2 Å². The number of anilines is 1. The lowest BCUT2D eigenvalue weighted by Gasteiger charge is -2.48. The molecular formula is C24H29FN4O2. The van der Waals surface area contributed by atoms with Gasteiger partial charge in [-0.3, -0.25) is 9.59 Å². The fourth-order valence-electron chi connectivity index (χ4n) is 5.40. The van der Waals surface area contributed by atoms with Gasteiger partial charge in [-0.05, 0) is 43.4 Å². The molecule has 2 atom stereocenters. The van der Waals surface area contributed by atoms with E-state index in [0.29, 0.717) is 41.8 Å². The Labute approximate surface area is 182 Å². The Bertz CT molecular complexity index is 1090. The van der Waals surface area contributed by atoms with Crippen molar-refractivity contribution in [1.29, 1.82) is 0 Å². The summed E-state index contributed by atoms with van der Waals surface area (Å²) in [6, 6.07) is 4.68. The number of azo groups is 1. The maximum Gasteiger partial charge on any atom is 0.223 e. The molecule has 164 valence electrons. The number of fused-ring (bicyclic) bond motifs is 1. The number of amides is 1. The van der Waals surface area contributed by atoms with Crippen molar-refractivity contribution < 1.29 is 14.0 Å². The summed E-state index contributed by atoms with van der Waals surface area (Å²) in [5.74, 6) is -0.529. The van der Waals surface area contributed by atoms with Gasteiger partial charge in [-0.1, -0.05) is 20.8 Å². The van der Waals surface area contributed by atoms with Crippen molar-refractivity contribution in [2.24, 2.45) is 15.6 Å². The van der Waals surface area contributed by atoms with Gasteiger partial charge in [0, 0.05) is 48.5 Å². The number of ketones is 1. The molecule has 1 unspecified atom stereocenters. The highest BCUT2D eigenvalue weighted by molar-refractivity contribution is 6.01. The average molecular weight is 425 g/mol. The number of halogens is 1. The first-order valence-corrected chi connectivity index (χ1v) is 10.7. The van der Waals surface area contributed by atoms with Crippen molar-refractivity contribution in [1.82, 2.24) is 5.32 Å². The summed E-state index contributed by atoms with van der Waals surface area (Å²) >= 11 is 0. The third kappa shape index (κ3) is 3.13. The van der Waals surface area contributed by atoms with E-state index in [1.165, 1.54) is 17.9 Å². The molecule has 0 saturated heterocycles. The third-order valence-corrected chi connectivity index (χ3v) is 6.86. The molecule has 2 aliphatic heterocycles. The summed E-state index contributed by atoms with van der Waals surface area (Å²) in [6.07, 6.45) is 1.14. The number of benzene rings is 1. The summed E-state index contributed by atoms with van der Waals surface area (Å²) in [5, 5.41) is 12.1. The minimum absolute atomic E-state index is 0.0241. The molecule has 7 heteroatoms. The van der Waals surface area contributed by atoms with E-state index in [1.54, 1.807) is 19.2 Å². The molecule has 0 fully saturated rings. The van der Waals surface area contributed by atoms with Crippen LogP contribution in [0.5, 0.6) is 0 Å². The predicted octanol–water partition coefficient (Wildman–Crippen LogP) is 4.77. The second kappa shape index (κ2) is 7.11. The number of nitrogens with one attached hydrogen (secondary N) is 1.